The number of benzene rings is 2. The zero-order valence-corrected chi connectivity index (χ0v) is 24.6. The summed E-state index contributed by atoms with van der Waals surface area (Å²) in [5, 5.41) is 7.00. The van der Waals surface area contributed by atoms with Crippen molar-refractivity contribution >= 4 is 6.08 Å². The molecule has 0 amide bonds. The highest BCUT2D eigenvalue weighted by Crippen LogP contribution is 2.40. The lowest BCUT2D eigenvalue weighted by molar-refractivity contribution is 0.324. The SMILES string of the molecule is CCCc1cc(C2C=C(CN(C)CCNC/C=C/c3ccc(OC)c(OC)c3OC)C=CN2)cc(OC)c1C. The normalized spacial score (nSPS) is 14.9. The van der Waals surface area contributed by atoms with Gasteiger partial charge in [-0.1, -0.05) is 37.6 Å². The summed E-state index contributed by atoms with van der Waals surface area (Å²) in [5.41, 5.74) is 6.09. The number of hydrogen-bond acceptors (Lipinski definition) is 7. The molecule has 0 saturated heterocycles. The first-order chi connectivity index (χ1) is 18.9. The molecule has 3 rings (SSSR count). The van der Waals surface area contributed by atoms with Gasteiger partial charge < -0.3 is 34.5 Å². The van der Waals surface area contributed by atoms with Crippen molar-refractivity contribution in [3.8, 4) is 23.0 Å². The molecule has 0 fully saturated rings. The first-order valence-corrected chi connectivity index (χ1v) is 13.6. The van der Waals surface area contributed by atoms with E-state index in [-0.39, 0.29) is 6.04 Å². The van der Waals surface area contributed by atoms with Gasteiger partial charge in [0.2, 0.25) is 5.75 Å². The quantitative estimate of drug-likeness (QED) is 0.300. The molecule has 1 aliphatic heterocycles. The van der Waals surface area contributed by atoms with E-state index in [1.807, 2.05) is 18.2 Å². The number of aryl methyl sites for hydroxylation is 1. The second kappa shape index (κ2) is 15.2. The van der Waals surface area contributed by atoms with Crippen LogP contribution in [-0.4, -0.2) is 66.6 Å². The van der Waals surface area contributed by atoms with Crippen molar-refractivity contribution < 1.29 is 18.9 Å². The van der Waals surface area contributed by atoms with Gasteiger partial charge in [0.25, 0.3) is 0 Å². The molecule has 7 heteroatoms. The Kier molecular flexibility index (Phi) is 11.8. The maximum atomic E-state index is 5.68. The number of dihydropyridines is 1. The van der Waals surface area contributed by atoms with E-state index in [2.05, 4.69) is 73.0 Å². The minimum atomic E-state index is 0.139. The standard InChI is InChI=1S/C32H45N3O4/c1-8-10-26-20-27(21-30(37-5)23(26)2)28-19-24(14-16-34-28)22-35(3)18-17-33-15-9-11-25-12-13-29(36-4)32(39-7)31(25)38-6/h9,11-14,16,19-21,28,33-34H,8,10,15,17-18,22H2,1-7H3/b11-9+. The third-order valence-corrected chi connectivity index (χ3v) is 6.96. The molecule has 1 aliphatic rings. The van der Waals surface area contributed by atoms with Crippen molar-refractivity contribution in [2.75, 3.05) is 61.7 Å². The first-order valence-electron chi connectivity index (χ1n) is 13.6. The van der Waals surface area contributed by atoms with E-state index in [0.717, 1.165) is 50.3 Å². The molecule has 0 spiro atoms. The molecule has 0 radical (unpaired) electrons. The Balaban J connectivity index is 1.51. The summed E-state index contributed by atoms with van der Waals surface area (Å²) in [4.78, 5) is 2.34. The Morgan fingerprint density at radius 2 is 1.77 bits per heavy atom. The molecule has 2 aromatic rings. The smallest absolute Gasteiger partial charge is 0.203 e. The Morgan fingerprint density at radius 3 is 2.46 bits per heavy atom. The lowest BCUT2D eigenvalue weighted by Crippen LogP contribution is -2.31. The van der Waals surface area contributed by atoms with Gasteiger partial charge in [-0.2, -0.15) is 0 Å². The fourth-order valence-corrected chi connectivity index (χ4v) is 4.85. The molecule has 2 aromatic carbocycles. The topological polar surface area (TPSA) is 64.2 Å². The van der Waals surface area contributed by atoms with Crippen molar-refractivity contribution in [1.29, 1.82) is 0 Å². The van der Waals surface area contributed by atoms with Crippen LogP contribution >= 0.6 is 0 Å². The third-order valence-electron chi connectivity index (χ3n) is 6.96. The van der Waals surface area contributed by atoms with Gasteiger partial charge in [-0.3, -0.25) is 0 Å². The number of hydrogen-bond donors (Lipinski definition) is 2. The Morgan fingerprint density at radius 1 is 1.00 bits per heavy atom. The summed E-state index contributed by atoms with van der Waals surface area (Å²) in [5.74, 6) is 2.88. The molecule has 0 aromatic heterocycles. The number of rotatable bonds is 15. The second-order valence-electron chi connectivity index (χ2n) is 9.74. The number of nitrogens with zero attached hydrogens (tertiary/aromatic N) is 1. The lowest BCUT2D eigenvalue weighted by Gasteiger charge is -2.24. The molecule has 0 saturated carbocycles. The van der Waals surface area contributed by atoms with Gasteiger partial charge in [0.15, 0.2) is 11.5 Å². The molecule has 1 unspecified atom stereocenters. The molecule has 0 bridgehead atoms. The number of likely N-dealkylation sites (N-methyl/N-ethyl adjacent to an activating group) is 1. The van der Waals surface area contributed by atoms with E-state index in [9.17, 15) is 0 Å². The summed E-state index contributed by atoms with van der Waals surface area (Å²) < 4.78 is 22.1. The van der Waals surface area contributed by atoms with Crippen molar-refractivity contribution in [1.82, 2.24) is 15.5 Å². The summed E-state index contributed by atoms with van der Waals surface area (Å²) in [7, 11) is 8.79. The minimum Gasteiger partial charge on any atom is -0.496 e. The van der Waals surface area contributed by atoms with E-state index >= 15 is 0 Å². The highest BCUT2D eigenvalue weighted by atomic mass is 16.5. The molecule has 1 atom stereocenters. The summed E-state index contributed by atoms with van der Waals surface area (Å²) in [6, 6.07) is 8.48. The summed E-state index contributed by atoms with van der Waals surface area (Å²) in [6.07, 6.45) is 12.9. The van der Waals surface area contributed by atoms with Crippen LogP contribution < -0.4 is 29.6 Å². The maximum absolute atomic E-state index is 5.68. The van der Waals surface area contributed by atoms with Crippen LogP contribution in [0.25, 0.3) is 6.08 Å². The molecule has 1 heterocycles. The van der Waals surface area contributed by atoms with Crippen LogP contribution in [0.4, 0.5) is 0 Å². The van der Waals surface area contributed by atoms with Crippen LogP contribution in [0.2, 0.25) is 0 Å². The average Bonchev–Trinajstić information content (AvgIpc) is 2.95. The van der Waals surface area contributed by atoms with Gasteiger partial charge in [0.1, 0.15) is 5.75 Å². The molecular weight excluding hydrogens is 490 g/mol. The Bertz CT molecular complexity index is 1170. The number of nitrogens with one attached hydrogen (secondary N) is 2. The Hall–Kier alpha value is -3.42. The molecule has 0 aliphatic carbocycles. The summed E-state index contributed by atoms with van der Waals surface area (Å²) in [6.45, 7) is 7.84. The largest absolute Gasteiger partial charge is 0.496 e. The maximum Gasteiger partial charge on any atom is 0.203 e. The van der Waals surface area contributed by atoms with E-state index in [1.54, 1.807) is 28.4 Å². The predicted octanol–water partition coefficient (Wildman–Crippen LogP) is 5.30. The van der Waals surface area contributed by atoms with Crippen molar-refractivity contribution in [3.63, 3.8) is 0 Å². The third kappa shape index (κ3) is 8.04. The zero-order chi connectivity index (χ0) is 28.2. The first kappa shape index (κ1) is 30.1. The molecule has 7 nitrogen and oxygen atoms in total. The van der Waals surface area contributed by atoms with E-state index in [0.29, 0.717) is 17.2 Å². The van der Waals surface area contributed by atoms with Gasteiger partial charge in [0.05, 0.1) is 34.5 Å². The van der Waals surface area contributed by atoms with Gasteiger partial charge in [-0.05, 0) is 73.1 Å². The minimum absolute atomic E-state index is 0.139. The zero-order valence-electron chi connectivity index (χ0n) is 24.6. The van der Waals surface area contributed by atoms with Gasteiger partial charge >= 0.3 is 0 Å². The number of methoxy groups -OCH3 is 4. The second-order valence-corrected chi connectivity index (χ2v) is 9.74. The van der Waals surface area contributed by atoms with E-state index in [4.69, 9.17) is 18.9 Å². The molecule has 2 N–H and O–H groups in total. The van der Waals surface area contributed by atoms with E-state index < -0.39 is 0 Å². The average molecular weight is 536 g/mol. The van der Waals surface area contributed by atoms with Gasteiger partial charge in [0, 0.05) is 31.7 Å². The van der Waals surface area contributed by atoms with Gasteiger partial charge in [-0.25, -0.2) is 0 Å². The van der Waals surface area contributed by atoms with Crippen LogP contribution in [-0.2, 0) is 6.42 Å². The van der Waals surface area contributed by atoms with Crippen molar-refractivity contribution in [2.24, 2.45) is 0 Å². The molecular formula is C32H45N3O4. The highest BCUT2D eigenvalue weighted by molar-refractivity contribution is 5.66. The van der Waals surface area contributed by atoms with Gasteiger partial charge in [-0.15, -0.1) is 0 Å². The number of ether oxygens (including phenoxy) is 4. The van der Waals surface area contributed by atoms with Crippen LogP contribution in [0.1, 0.15) is 41.6 Å². The summed E-state index contributed by atoms with van der Waals surface area (Å²) >= 11 is 0. The fourth-order valence-electron chi connectivity index (χ4n) is 4.85. The van der Waals surface area contributed by atoms with Crippen LogP contribution in [0, 0.1) is 6.92 Å². The monoisotopic (exact) mass is 535 g/mol. The fraction of sp³-hybridized carbons (Fsp3) is 0.438. The predicted molar refractivity (Wildman–Crippen MR) is 160 cm³/mol. The molecule has 39 heavy (non-hydrogen) atoms. The Labute approximate surface area is 234 Å². The highest BCUT2D eigenvalue weighted by Gasteiger charge is 2.17. The van der Waals surface area contributed by atoms with Crippen LogP contribution in [0.3, 0.4) is 0 Å². The van der Waals surface area contributed by atoms with Crippen molar-refractivity contribution in [3.05, 3.63) is 76.5 Å². The van der Waals surface area contributed by atoms with E-state index in [1.165, 1.54) is 22.3 Å². The molecule has 212 valence electrons. The lowest BCUT2D eigenvalue weighted by atomic mass is 9.94. The van der Waals surface area contributed by atoms with Crippen LogP contribution in [0.15, 0.2) is 54.3 Å². The van der Waals surface area contributed by atoms with Crippen molar-refractivity contribution in [2.45, 2.75) is 32.7 Å². The van der Waals surface area contributed by atoms with Crippen LogP contribution in [0.5, 0.6) is 23.0 Å².